The number of halogens is 1. The summed E-state index contributed by atoms with van der Waals surface area (Å²) in [4.78, 5) is 17.0. The minimum absolute atomic E-state index is 0.197. The third-order valence-corrected chi connectivity index (χ3v) is 5.83. The van der Waals surface area contributed by atoms with E-state index in [1.165, 1.54) is 0 Å². The molecule has 4 heterocycles. The van der Waals surface area contributed by atoms with Gasteiger partial charge in [-0.25, -0.2) is 0 Å². The number of hydrogen-bond donors (Lipinski definition) is 0. The van der Waals surface area contributed by atoms with Crippen LogP contribution in [0.25, 0.3) is 5.65 Å². The lowest BCUT2D eigenvalue weighted by atomic mass is 10.0. The van der Waals surface area contributed by atoms with Crippen LogP contribution in [0, 0.1) is 11.8 Å². The molecule has 0 spiro atoms. The van der Waals surface area contributed by atoms with E-state index in [1.807, 2.05) is 41.3 Å². The second-order valence-corrected chi connectivity index (χ2v) is 7.79. The van der Waals surface area contributed by atoms with Crippen molar-refractivity contribution in [3.05, 3.63) is 53.3 Å². The molecule has 0 saturated carbocycles. The van der Waals surface area contributed by atoms with Gasteiger partial charge in [-0.3, -0.25) is 4.79 Å². The monoisotopic (exact) mass is 382 g/mol. The van der Waals surface area contributed by atoms with Gasteiger partial charge in [0, 0.05) is 43.0 Å². The molecule has 8 heteroatoms. The summed E-state index contributed by atoms with van der Waals surface area (Å²) in [5, 5.41) is 13.2. The summed E-state index contributed by atoms with van der Waals surface area (Å²) in [5.41, 5.74) is 1.76. The average molecular weight is 383 g/mol. The van der Waals surface area contributed by atoms with E-state index in [4.69, 9.17) is 11.6 Å². The van der Waals surface area contributed by atoms with Gasteiger partial charge >= 0.3 is 0 Å². The maximum absolute atomic E-state index is 12.6. The Morgan fingerprint density at radius 1 is 1.04 bits per heavy atom. The van der Waals surface area contributed by atoms with Gasteiger partial charge in [0.2, 0.25) is 5.91 Å². The maximum Gasteiger partial charge on any atom is 0.227 e. The van der Waals surface area contributed by atoms with Crippen LogP contribution in [-0.2, 0) is 11.2 Å². The largest absolute Gasteiger partial charge is 0.354 e. The first-order valence-corrected chi connectivity index (χ1v) is 9.48. The van der Waals surface area contributed by atoms with Gasteiger partial charge in [-0.2, -0.15) is 4.52 Å². The Kier molecular flexibility index (Phi) is 3.97. The number of aromatic nitrogens is 4. The van der Waals surface area contributed by atoms with Crippen LogP contribution in [0.3, 0.4) is 0 Å². The van der Waals surface area contributed by atoms with Gasteiger partial charge in [-0.1, -0.05) is 23.7 Å². The molecule has 27 heavy (non-hydrogen) atoms. The summed E-state index contributed by atoms with van der Waals surface area (Å²) in [7, 11) is 0. The highest BCUT2D eigenvalue weighted by atomic mass is 35.5. The van der Waals surface area contributed by atoms with Crippen LogP contribution >= 0.6 is 11.6 Å². The van der Waals surface area contributed by atoms with E-state index in [0.29, 0.717) is 23.3 Å². The summed E-state index contributed by atoms with van der Waals surface area (Å²) >= 11 is 5.92. The molecule has 1 aromatic carbocycles. The quantitative estimate of drug-likeness (QED) is 0.692. The number of benzene rings is 1. The van der Waals surface area contributed by atoms with Gasteiger partial charge in [0.05, 0.1) is 6.42 Å². The van der Waals surface area contributed by atoms with Crippen LogP contribution in [0.1, 0.15) is 5.56 Å². The topological polar surface area (TPSA) is 66.6 Å². The second kappa shape index (κ2) is 6.49. The zero-order valence-corrected chi connectivity index (χ0v) is 15.5. The fraction of sp³-hybridized carbons (Fsp3) is 0.368. The third kappa shape index (κ3) is 3.12. The summed E-state index contributed by atoms with van der Waals surface area (Å²) in [5.74, 6) is 2.13. The standard InChI is InChI=1S/C19H19ClN6O/c20-16-3-1-13(2-4-16)7-19(27)25-10-14-8-24(9-15(14)11-25)18-6-5-17-22-21-12-26(17)23-18/h1-6,12,14-15H,7-11H2. The Bertz CT molecular complexity index is 973. The zero-order valence-electron chi connectivity index (χ0n) is 14.7. The van der Waals surface area contributed by atoms with Crippen molar-refractivity contribution in [1.29, 1.82) is 0 Å². The van der Waals surface area contributed by atoms with Gasteiger partial charge in [0.15, 0.2) is 5.65 Å². The molecular weight excluding hydrogens is 364 g/mol. The van der Waals surface area contributed by atoms with E-state index >= 15 is 0 Å². The van der Waals surface area contributed by atoms with Gasteiger partial charge in [0.25, 0.3) is 0 Å². The fourth-order valence-electron chi connectivity index (χ4n) is 4.16. The third-order valence-electron chi connectivity index (χ3n) is 5.58. The number of nitrogens with zero attached hydrogens (tertiary/aromatic N) is 6. The highest BCUT2D eigenvalue weighted by Gasteiger charge is 2.41. The predicted octanol–water partition coefficient (Wildman–Crippen LogP) is 1.91. The molecule has 3 aromatic rings. The summed E-state index contributed by atoms with van der Waals surface area (Å²) in [6.07, 6.45) is 2.05. The van der Waals surface area contributed by atoms with Crippen molar-refractivity contribution >= 4 is 29.0 Å². The highest BCUT2D eigenvalue weighted by molar-refractivity contribution is 6.30. The first-order chi connectivity index (χ1) is 13.2. The molecule has 138 valence electrons. The van der Waals surface area contributed by atoms with Gasteiger partial charge in [0.1, 0.15) is 12.1 Å². The molecule has 2 fully saturated rings. The summed E-state index contributed by atoms with van der Waals surface area (Å²) in [6.45, 7) is 3.50. The predicted molar refractivity (Wildman–Crippen MR) is 102 cm³/mol. The van der Waals surface area contributed by atoms with E-state index < -0.39 is 0 Å². The molecular formula is C19H19ClN6O. The highest BCUT2D eigenvalue weighted by Crippen LogP contribution is 2.33. The van der Waals surface area contributed by atoms with Crippen LogP contribution in [-0.4, -0.2) is 56.8 Å². The molecule has 2 saturated heterocycles. The van der Waals surface area contributed by atoms with Crippen molar-refractivity contribution in [1.82, 2.24) is 24.7 Å². The number of amides is 1. The molecule has 2 aliphatic rings. The van der Waals surface area contributed by atoms with E-state index in [2.05, 4.69) is 20.2 Å². The Hall–Kier alpha value is -2.67. The zero-order chi connectivity index (χ0) is 18.4. The van der Waals surface area contributed by atoms with Crippen LogP contribution in [0.5, 0.6) is 0 Å². The van der Waals surface area contributed by atoms with Crippen LogP contribution < -0.4 is 4.90 Å². The molecule has 0 N–H and O–H groups in total. The van der Waals surface area contributed by atoms with Crippen LogP contribution in [0.4, 0.5) is 5.82 Å². The molecule has 0 radical (unpaired) electrons. The minimum Gasteiger partial charge on any atom is -0.354 e. The van der Waals surface area contributed by atoms with E-state index in [9.17, 15) is 4.79 Å². The van der Waals surface area contributed by atoms with Crippen molar-refractivity contribution in [2.45, 2.75) is 6.42 Å². The Balaban J connectivity index is 1.22. The van der Waals surface area contributed by atoms with Gasteiger partial charge in [-0.15, -0.1) is 15.3 Å². The number of anilines is 1. The summed E-state index contributed by atoms with van der Waals surface area (Å²) < 4.78 is 1.70. The van der Waals surface area contributed by atoms with Crippen molar-refractivity contribution in [2.75, 3.05) is 31.1 Å². The molecule has 2 unspecified atom stereocenters. The number of rotatable bonds is 3. The number of likely N-dealkylation sites (tertiary alicyclic amines) is 1. The smallest absolute Gasteiger partial charge is 0.227 e. The Labute approximate surface area is 161 Å². The molecule has 0 aliphatic carbocycles. The molecule has 2 aliphatic heterocycles. The van der Waals surface area contributed by atoms with E-state index in [0.717, 1.165) is 43.2 Å². The average Bonchev–Trinajstić information content (AvgIpc) is 3.36. The number of fused-ring (bicyclic) bond motifs is 2. The van der Waals surface area contributed by atoms with Gasteiger partial charge in [-0.05, 0) is 29.8 Å². The Morgan fingerprint density at radius 3 is 2.52 bits per heavy atom. The Morgan fingerprint density at radius 2 is 1.78 bits per heavy atom. The van der Waals surface area contributed by atoms with Crippen LogP contribution in [0.2, 0.25) is 5.02 Å². The van der Waals surface area contributed by atoms with Crippen molar-refractivity contribution < 1.29 is 4.79 Å². The second-order valence-electron chi connectivity index (χ2n) is 7.35. The molecule has 7 nitrogen and oxygen atoms in total. The maximum atomic E-state index is 12.6. The minimum atomic E-state index is 0.197. The van der Waals surface area contributed by atoms with Crippen LogP contribution in [0.15, 0.2) is 42.7 Å². The normalized spacial score (nSPS) is 21.8. The lowest BCUT2D eigenvalue weighted by Gasteiger charge is -2.22. The molecule has 5 rings (SSSR count). The SMILES string of the molecule is O=C(Cc1ccc(Cl)cc1)N1CC2CN(c3ccc4nncn4n3)CC2C1. The first kappa shape index (κ1) is 16.5. The lowest BCUT2D eigenvalue weighted by molar-refractivity contribution is -0.129. The number of carbonyl (C=O) groups is 1. The first-order valence-electron chi connectivity index (χ1n) is 9.10. The van der Waals surface area contributed by atoms with E-state index in [1.54, 1.807) is 10.8 Å². The lowest BCUT2D eigenvalue weighted by Crippen LogP contribution is -2.34. The fourth-order valence-corrected chi connectivity index (χ4v) is 4.29. The molecule has 0 bridgehead atoms. The molecule has 2 aromatic heterocycles. The van der Waals surface area contributed by atoms with Gasteiger partial charge < -0.3 is 9.80 Å². The molecule has 1 amide bonds. The van der Waals surface area contributed by atoms with Crippen molar-refractivity contribution in [3.63, 3.8) is 0 Å². The number of carbonyl (C=O) groups excluding carboxylic acids is 1. The van der Waals surface area contributed by atoms with Crippen molar-refractivity contribution in [3.8, 4) is 0 Å². The molecule has 2 atom stereocenters. The summed E-state index contributed by atoms with van der Waals surface area (Å²) in [6, 6.07) is 11.4. The number of hydrogen-bond acceptors (Lipinski definition) is 5. The van der Waals surface area contributed by atoms with E-state index in [-0.39, 0.29) is 5.91 Å². The van der Waals surface area contributed by atoms with Crippen molar-refractivity contribution in [2.24, 2.45) is 11.8 Å².